The molecule has 3 heteroatoms. The smallest absolute Gasteiger partial charge is 0.0921 e. The summed E-state index contributed by atoms with van der Waals surface area (Å²) in [7, 11) is 7.15. The van der Waals surface area contributed by atoms with Crippen LogP contribution in [0, 0.1) is 0 Å². The van der Waals surface area contributed by atoms with Crippen LogP contribution >= 0.6 is 0 Å². The van der Waals surface area contributed by atoms with E-state index in [9.17, 15) is 0 Å². The summed E-state index contributed by atoms with van der Waals surface area (Å²) in [5.41, 5.74) is 0.627. The van der Waals surface area contributed by atoms with E-state index in [1.165, 1.54) is 36.7 Å². The molecule has 0 saturated carbocycles. The number of hydrogen-bond donors (Lipinski definition) is 0. The van der Waals surface area contributed by atoms with E-state index in [1.54, 1.807) is 0 Å². The molecule has 0 aliphatic carbocycles. The van der Waals surface area contributed by atoms with Crippen LogP contribution in [0.15, 0.2) is 0 Å². The fourth-order valence-corrected chi connectivity index (χ4v) is 3.56. The minimum absolute atomic E-state index is 0. The number of piperidine rings is 1. The Bertz CT molecular complexity index is 266. The zero-order valence-corrected chi connectivity index (χ0v) is 16.5. The number of unbranched alkanes of at least 4 members (excludes halogenated alkanes) is 1. The Morgan fingerprint density at radius 1 is 1.05 bits per heavy atom. The molecule has 116 valence electrons. The van der Waals surface area contributed by atoms with Gasteiger partial charge in [-0.25, -0.2) is 0 Å². The number of rotatable bonds is 4. The standard InChI is InChI=1S/C16H35N2.HI/c1-9-10-11-18(7,8)14-12-15(2,3)17(6)16(4,5)13-14;/h14H,9-13H2,1-8H3;1H/q+1;/p-1. The van der Waals surface area contributed by atoms with Crippen LogP contribution in [0.2, 0.25) is 0 Å². The van der Waals surface area contributed by atoms with E-state index in [2.05, 4.69) is 60.7 Å². The average molecular weight is 382 g/mol. The van der Waals surface area contributed by atoms with Gasteiger partial charge in [0, 0.05) is 23.9 Å². The Balaban J connectivity index is 0.00000324. The fourth-order valence-electron chi connectivity index (χ4n) is 3.56. The van der Waals surface area contributed by atoms with Gasteiger partial charge in [-0.1, -0.05) is 13.3 Å². The molecule has 0 unspecified atom stereocenters. The van der Waals surface area contributed by atoms with Crippen molar-refractivity contribution >= 4 is 0 Å². The molecule has 0 spiro atoms. The summed E-state index contributed by atoms with van der Waals surface area (Å²) in [5, 5.41) is 0. The highest BCUT2D eigenvalue weighted by molar-refractivity contribution is 4.99. The maximum Gasteiger partial charge on any atom is 0.0921 e. The first kappa shape index (κ1) is 19.7. The lowest BCUT2D eigenvalue weighted by Gasteiger charge is -2.56. The van der Waals surface area contributed by atoms with Gasteiger partial charge in [0.25, 0.3) is 0 Å². The lowest BCUT2D eigenvalue weighted by Crippen LogP contribution is -3.00. The number of quaternary nitrogens is 1. The molecule has 0 aromatic carbocycles. The molecular formula is C16H35IN2. The van der Waals surface area contributed by atoms with Crippen molar-refractivity contribution in [2.45, 2.75) is 77.4 Å². The minimum atomic E-state index is 0. The number of hydrogen-bond acceptors (Lipinski definition) is 1. The van der Waals surface area contributed by atoms with Crippen LogP contribution in [0.4, 0.5) is 0 Å². The molecule has 0 N–H and O–H groups in total. The van der Waals surface area contributed by atoms with Gasteiger partial charge in [-0.15, -0.1) is 0 Å². The normalized spacial score (nSPS) is 24.0. The highest BCUT2D eigenvalue weighted by Crippen LogP contribution is 2.40. The predicted octanol–water partition coefficient (Wildman–Crippen LogP) is 0.518. The number of nitrogens with zero attached hydrogens (tertiary/aromatic N) is 2. The SMILES string of the molecule is CCCC[N+](C)(C)C1CC(C)(C)N(C)C(C)(C)C1.[I-]. The molecule has 2 nitrogen and oxygen atoms in total. The summed E-state index contributed by atoms with van der Waals surface area (Å²) in [6.45, 7) is 13.2. The molecule has 1 aliphatic heterocycles. The highest BCUT2D eigenvalue weighted by Gasteiger charge is 2.47. The minimum Gasteiger partial charge on any atom is -1.00 e. The molecule has 1 rings (SSSR count). The van der Waals surface area contributed by atoms with E-state index in [0.717, 1.165) is 6.04 Å². The average Bonchev–Trinajstić information content (AvgIpc) is 2.22. The molecule has 1 heterocycles. The fraction of sp³-hybridized carbons (Fsp3) is 1.00. The molecule has 1 fully saturated rings. The van der Waals surface area contributed by atoms with E-state index in [-0.39, 0.29) is 24.0 Å². The van der Waals surface area contributed by atoms with Gasteiger partial charge in [-0.3, -0.25) is 4.90 Å². The van der Waals surface area contributed by atoms with Gasteiger partial charge in [0.05, 0.1) is 26.7 Å². The summed E-state index contributed by atoms with van der Waals surface area (Å²) >= 11 is 0. The van der Waals surface area contributed by atoms with Crippen LogP contribution < -0.4 is 24.0 Å². The summed E-state index contributed by atoms with van der Waals surface area (Å²) < 4.78 is 1.19. The second-order valence-corrected chi connectivity index (χ2v) is 8.10. The molecular weight excluding hydrogens is 347 g/mol. The zero-order valence-electron chi connectivity index (χ0n) is 14.4. The summed E-state index contributed by atoms with van der Waals surface area (Å²) in [5.74, 6) is 0. The van der Waals surface area contributed by atoms with Crippen molar-refractivity contribution in [1.29, 1.82) is 0 Å². The zero-order chi connectivity index (χ0) is 14.2. The lowest BCUT2D eigenvalue weighted by molar-refractivity contribution is -0.918. The molecule has 1 aliphatic rings. The molecule has 0 radical (unpaired) electrons. The van der Waals surface area contributed by atoms with Crippen LogP contribution in [-0.2, 0) is 0 Å². The van der Waals surface area contributed by atoms with Crippen molar-refractivity contribution in [3.05, 3.63) is 0 Å². The summed E-state index contributed by atoms with van der Waals surface area (Å²) in [6, 6.07) is 0.790. The molecule has 1 saturated heterocycles. The third-order valence-corrected chi connectivity index (χ3v) is 5.36. The van der Waals surface area contributed by atoms with E-state index >= 15 is 0 Å². The highest BCUT2D eigenvalue weighted by atomic mass is 127. The third-order valence-electron chi connectivity index (χ3n) is 5.36. The second kappa shape index (κ2) is 6.61. The van der Waals surface area contributed by atoms with Gasteiger partial charge in [-0.05, 0) is 41.2 Å². The quantitative estimate of drug-likeness (QED) is 0.506. The van der Waals surface area contributed by atoms with E-state index < -0.39 is 0 Å². The van der Waals surface area contributed by atoms with Gasteiger partial charge < -0.3 is 28.5 Å². The van der Waals surface area contributed by atoms with Gasteiger partial charge in [0.2, 0.25) is 0 Å². The van der Waals surface area contributed by atoms with Crippen LogP contribution in [0.1, 0.15) is 60.3 Å². The second-order valence-electron chi connectivity index (χ2n) is 8.10. The van der Waals surface area contributed by atoms with Gasteiger partial charge in [0.1, 0.15) is 0 Å². The van der Waals surface area contributed by atoms with Crippen molar-refractivity contribution in [1.82, 2.24) is 4.90 Å². The first-order valence-corrected chi connectivity index (χ1v) is 7.59. The lowest BCUT2D eigenvalue weighted by atomic mass is 9.76. The molecule has 0 aromatic heterocycles. The summed E-state index contributed by atoms with van der Waals surface area (Å²) in [6.07, 6.45) is 5.27. The van der Waals surface area contributed by atoms with Crippen LogP contribution in [0.3, 0.4) is 0 Å². The number of likely N-dealkylation sites (tertiary alicyclic amines) is 1. The Labute approximate surface area is 138 Å². The Morgan fingerprint density at radius 3 is 1.84 bits per heavy atom. The Kier molecular flexibility index (Phi) is 6.83. The van der Waals surface area contributed by atoms with Crippen molar-refractivity contribution in [3.8, 4) is 0 Å². The molecule has 0 amide bonds. The molecule has 0 atom stereocenters. The van der Waals surface area contributed by atoms with Crippen molar-refractivity contribution in [2.75, 3.05) is 27.7 Å². The molecule has 0 bridgehead atoms. The van der Waals surface area contributed by atoms with Crippen LogP contribution in [0.25, 0.3) is 0 Å². The van der Waals surface area contributed by atoms with Crippen molar-refractivity contribution in [2.24, 2.45) is 0 Å². The topological polar surface area (TPSA) is 3.24 Å². The van der Waals surface area contributed by atoms with Crippen LogP contribution in [-0.4, -0.2) is 54.2 Å². The largest absolute Gasteiger partial charge is 1.00 e. The molecule has 0 aromatic rings. The van der Waals surface area contributed by atoms with Gasteiger partial charge in [0.15, 0.2) is 0 Å². The van der Waals surface area contributed by atoms with E-state index in [4.69, 9.17) is 0 Å². The maximum absolute atomic E-state index is 2.58. The maximum atomic E-state index is 2.58. The van der Waals surface area contributed by atoms with Crippen molar-refractivity contribution in [3.63, 3.8) is 0 Å². The Hall–Kier alpha value is 0.650. The Morgan fingerprint density at radius 2 is 1.47 bits per heavy atom. The monoisotopic (exact) mass is 382 g/mol. The van der Waals surface area contributed by atoms with Crippen molar-refractivity contribution < 1.29 is 28.5 Å². The van der Waals surface area contributed by atoms with Crippen LogP contribution in [0.5, 0.6) is 0 Å². The van der Waals surface area contributed by atoms with E-state index in [0.29, 0.717) is 11.1 Å². The van der Waals surface area contributed by atoms with Gasteiger partial charge in [-0.2, -0.15) is 0 Å². The van der Waals surface area contributed by atoms with Gasteiger partial charge >= 0.3 is 0 Å². The third kappa shape index (κ3) is 4.57. The predicted molar refractivity (Wildman–Crippen MR) is 80.8 cm³/mol. The summed E-state index contributed by atoms with van der Waals surface area (Å²) in [4.78, 5) is 2.58. The molecule has 19 heavy (non-hydrogen) atoms. The number of halogens is 1. The first-order valence-electron chi connectivity index (χ1n) is 7.59. The first-order chi connectivity index (χ1) is 8.03. The van der Waals surface area contributed by atoms with E-state index in [1.807, 2.05) is 0 Å².